The Hall–Kier alpha value is -3.34. The van der Waals surface area contributed by atoms with Gasteiger partial charge in [-0.15, -0.1) is 11.3 Å². The van der Waals surface area contributed by atoms with Crippen molar-refractivity contribution in [2.75, 3.05) is 5.32 Å². The maximum Gasteiger partial charge on any atom is 0.339 e. The SMILES string of the molecule is N#CC(=Cc1ccco1)C(=O)Nc1scc(-c2ccc(Cl)cc2)c1C(=O)O. The van der Waals surface area contributed by atoms with Gasteiger partial charge in [0.25, 0.3) is 5.91 Å². The molecule has 0 saturated carbocycles. The lowest BCUT2D eigenvalue weighted by atomic mass is 10.0. The summed E-state index contributed by atoms with van der Waals surface area (Å²) in [5.41, 5.74) is 0.849. The number of rotatable bonds is 5. The average Bonchev–Trinajstić information content (AvgIpc) is 3.30. The van der Waals surface area contributed by atoms with Crippen LogP contribution < -0.4 is 5.32 Å². The highest BCUT2D eigenvalue weighted by atomic mass is 35.5. The first-order valence-corrected chi connectivity index (χ1v) is 8.82. The van der Waals surface area contributed by atoms with Gasteiger partial charge in [0.2, 0.25) is 0 Å². The fourth-order valence-corrected chi connectivity index (χ4v) is 3.42. The minimum atomic E-state index is -1.19. The van der Waals surface area contributed by atoms with Crippen molar-refractivity contribution < 1.29 is 19.1 Å². The van der Waals surface area contributed by atoms with Crippen molar-refractivity contribution >= 4 is 45.9 Å². The molecule has 2 N–H and O–H groups in total. The number of carbonyl (C=O) groups is 2. The Morgan fingerprint density at radius 3 is 2.59 bits per heavy atom. The minimum absolute atomic E-state index is 0.0500. The number of nitrogens with zero attached hydrogens (tertiary/aromatic N) is 1. The number of carboxylic acids is 1. The van der Waals surface area contributed by atoms with Gasteiger partial charge in [0.05, 0.1) is 6.26 Å². The highest BCUT2D eigenvalue weighted by molar-refractivity contribution is 7.15. The molecule has 27 heavy (non-hydrogen) atoms. The van der Waals surface area contributed by atoms with Crippen LogP contribution in [0.1, 0.15) is 16.1 Å². The number of furan rings is 1. The number of anilines is 1. The smallest absolute Gasteiger partial charge is 0.339 e. The topological polar surface area (TPSA) is 103 Å². The van der Waals surface area contributed by atoms with Crippen LogP contribution in [0.2, 0.25) is 5.02 Å². The number of aromatic carboxylic acids is 1. The lowest BCUT2D eigenvalue weighted by Crippen LogP contribution is -2.14. The fourth-order valence-electron chi connectivity index (χ4n) is 2.34. The number of hydrogen-bond donors (Lipinski definition) is 2. The first kappa shape index (κ1) is 18.5. The van der Waals surface area contributed by atoms with Gasteiger partial charge in [-0.3, -0.25) is 4.79 Å². The number of amides is 1. The summed E-state index contributed by atoms with van der Waals surface area (Å²) in [6, 6.07) is 11.7. The van der Waals surface area contributed by atoms with E-state index in [9.17, 15) is 20.0 Å². The molecule has 0 bridgehead atoms. The number of nitriles is 1. The second-order valence-electron chi connectivity index (χ2n) is 5.30. The molecule has 0 spiro atoms. The van der Waals surface area contributed by atoms with Crippen molar-refractivity contribution in [1.29, 1.82) is 5.26 Å². The van der Waals surface area contributed by atoms with Gasteiger partial charge in [0.1, 0.15) is 28.0 Å². The Balaban J connectivity index is 1.93. The predicted octanol–water partition coefficient (Wildman–Crippen LogP) is 4.91. The van der Waals surface area contributed by atoms with Crippen LogP contribution in [0.3, 0.4) is 0 Å². The van der Waals surface area contributed by atoms with E-state index in [1.54, 1.807) is 47.8 Å². The Bertz CT molecular complexity index is 1060. The lowest BCUT2D eigenvalue weighted by molar-refractivity contribution is -0.112. The fraction of sp³-hybridized carbons (Fsp3) is 0. The van der Waals surface area contributed by atoms with Crippen LogP contribution in [0, 0.1) is 11.3 Å². The largest absolute Gasteiger partial charge is 0.478 e. The van der Waals surface area contributed by atoms with Crippen LogP contribution in [-0.4, -0.2) is 17.0 Å². The molecule has 1 aromatic carbocycles. The summed E-state index contributed by atoms with van der Waals surface area (Å²) in [4.78, 5) is 24.1. The van der Waals surface area contributed by atoms with Crippen LogP contribution in [-0.2, 0) is 4.79 Å². The van der Waals surface area contributed by atoms with Gasteiger partial charge in [0, 0.05) is 22.0 Å². The molecule has 134 valence electrons. The molecule has 0 unspecified atom stereocenters. The maximum absolute atomic E-state index is 12.4. The van der Waals surface area contributed by atoms with Crippen LogP contribution in [0.4, 0.5) is 5.00 Å². The maximum atomic E-state index is 12.4. The highest BCUT2D eigenvalue weighted by Gasteiger charge is 2.22. The third-order valence-corrected chi connectivity index (χ3v) is 4.73. The van der Waals surface area contributed by atoms with Gasteiger partial charge in [-0.2, -0.15) is 5.26 Å². The van der Waals surface area contributed by atoms with Crippen molar-refractivity contribution in [3.63, 3.8) is 0 Å². The standard InChI is InChI=1S/C19H11ClN2O4S/c20-13-5-3-11(4-6-13)15-10-27-18(16(15)19(24)25)22-17(23)12(9-21)8-14-2-1-7-26-14/h1-8,10H,(H,22,23)(H,24,25). The van der Waals surface area contributed by atoms with Gasteiger partial charge in [0.15, 0.2) is 0 Å². The summed E-state index contributed by atoms with van der Waals surface area (Å²) in [5.74, 6) is -1.57. The summed E-state index contributed by atoms with van der Waals surface area (Å²) < 4.78 is 5.09. The van der Waals surface area contributed by atoms with Crippen molar-refractivity contribution in [3.8, 4) is 17.2 Å². The minimum Gasteiger partial charge on any atom is -0.478 e. The van der Waals surface area contributed by atoms with E-state index in [0.29, 0.717) is 21.9 Å². The van der Waals surface area contributed by atoms with E-state index in [4.69, 9.17) is 16.0 Å². The summed E-state index contributed by atoms with van der Waals surface area (Å²) in [6.45, 7) is 0. The monoisotopic (exact) mass is 398 g/mol. The third kappa shape index (κ3) is 4.08. The van der Waals surface area contributed by atoms with Crippen LogP contribution in [0.15, 0.2) is 58.0 Å². The van der Waals surface area contributed by atoms with Gasteiger partial charge in [-0.1, -0.05) is 23.7 Å². The summed E-state index contributed by atoms with van der Waals surface area (Å²) >= 11 is 6.93. The molecule has 0 aliphatic carbocycles. The molecule has 0 saturated heterocycles. The number of thiophene rings is 1. The molecule has 2 aromatic heterocycles. The molecule has 3 rings (SSSR count). The van der Waals surface area contributed by atoms with Crippen molar-refractivity contribution in [2.45, 2.75) is 0 Å². The quantitative estimate of drug-likeness (QED) is 0.469. The molecule has 8 heteroatoms. The van der Waals surface area contributed by atoms with Crippen molar-refractivity contribution in [3.05, 3.63) is 70.0 Å². The zero-order valence-electron chi connectivity index (χ0n) is 13.6. The molecule has 0 atom stereocenters. The number of benzene rings is 1. The molecule has 0 aliphatic heterocycles. The van der Waals surface area contributed by atoms with E-state index in [2.05, 4.69) is 5.32 Å². The number of nitrogens with one attached hydrogen (secondary N) is 1. The average molecular weight is 399 g/mol. The summed E-state index contributed by atoms with van der Waals surface area (Å²) in [6.07, 6.45) is 2.70. The second-order valence-corrected chi connectivity index (χ2v) is 6.62. The van der Waals surface area contributed by atoms with Crippen LogP contribution in [0.5, 0.6) is 0 Å². The highest BCUT2D eigenvalue weighted by Crippen LogP contribution is 2.36. The van der Waals surface area contributed by atoms with Crippen LogP contribution >= 0.6 is 22.9 Å². The van der Waals surface area contributed by atoms with E-state index < -0.39 is 11.9 Å². The molecule has 2 heterocycles. The molecule has 0 fully saturated rings. The lowest BCUT2D eigenvalue weighted by Gasteiger charge is -2.05. The van der Waals surface area contributed by atoms with E-state index in [0.717, 1.165) is 11.3 Å². The van der Waals surface area contributed by atoms with E-state index in [-0.39, 0.29) is 16.1 Å². The predicted molar refractivity (Wildman–Crippen MR) is 103 cm³/mol. The number of halogens is 1. The van der Waals surface area contributed by atoms with Gasteiger partial charge >= 0.3 is 5.97 Å². The first-order chi connectivity index (χ1) is 13.0. The first-order valence-electron chi connectivity index (χ1n) is 7.57. The summed E-state index contributed by atoms with van der Waals surface area (Å²) in [5, 5.41) is 23.6. The van der Waals surface area contributed by atoms with Gasteiger partial charge in [-0.05, 0) is 29.8 Å². The van der Waals surface area contributed by atoms with Crippen molar-refractivity contribution in [2.24, 2.45) is 0 Å². The Morgan fingerprint density at radius 2 is 2.00 bits per heavy atom. The molecule has 3 aromatic rings. The molecule has 0 radical (unpaired) electrons. The molecule has 0 aliphatic rings. The molecular weight excluding hydrogens is 388 g/mol. The normalized spacial score (nSPS) is 11.0. The Morgan fingerprint density at radius 1 is 1.26 bits per heavy atom. The summed E-state index contributed by atoms with van der Waals surface area (Å²) in [7, 11) is 0. The Labute approximate surface area is 162 Å². The zero-order valence-corrected chi connectivity index (χ0v) is 15.2. The molecule has 1 amide bonds. The molecule has 6 nitrogen and oxygen atoms in total. The number of carboxylic acid groups (broad SMARTS) is 1. The van der Waals surface area contributed by atoms with Crippen molar-refractivity contribution in [1.82, 2.24) is 0 Å². The van der Waals surface area contributed by atoms with E-state index in [1.807, 2.05) is 0 Å². The number of hydrogen-bond acceptors (Lipinski definition) is 5. The molecular formula is C19H11ClN2O4S. The third-order valence-electron chi connectivity index (χ3n) is 3.58. The van der Waals surface area contributed by atoms with E-state index in [1.165, 1.54) is 12.3 Å². The van der Waals surface area contributed by atoms with Gasteiger partial charge in [-0.25, -0.2) is 4.79 Å². The van der Waals surface area contributed by atoms with Gasteiger partial charge < -0.3 is 14.8 Å². The van der Waals surface area contributed by atoms with Crippen LogP contribution in [0.25, 0.3) is 17.2 Å². The Kier molecular flexibility index (Phi) is 5.41. The number of carbonyl (C=O) groups excluding carboxylic acids is 1. The zero-order chi connectivity index (χ0) is 19.4. The second kappa shape index (κ2) is 7.91. The van der Waals surface area contributed by atoms with E-state index >= 15 is 0 Å².